The summed E-state index contributed by atoms with van der Waals surface area (Å²) < 4.78 is 4.94. The van der Waals surface area contributed by atoms with Crippen LogP contribution in [0.4, 0.5) is 5.69 Å². The van der Waals surface area contributed by atoms with Gasteiger partial charge in [-0.15, -0.1) is 0 Å². The Bertz CT molecular complexity index is 444. The summed E-state index contributed by atoms with van der Waals surface area (Å²) >= 11 is 0. The molecule has 1 aromatic carbocycles. The Morgan fingerprint density at radius 2 is 2.11 bits per heavy atom. The molecule has 0 bridgehead atoms. The lowest BCUT2D eigenvalue weighted by molar-refractivity contribution is -0.137. The van der Waals surface area contributed by atoms with Gasteiger partial charge >= 0.3 is 5.97 Å². The molecule has 0 radical (unpaired) electrons. The van der Waals surface area contributed by atoms with Crippen molar-refractivity contribution in [2.75, 3.05) is 19.0 Å². The van der Waals surface area contributed by atoms with E-state index < -0.39 is 12.1 Å². The fraction of sp³-hybridized carbons (Fsp3) is 0.385. The topological polar surface area (TPSA) is 102 Å². The third kappa shape index (κ3) is 4.69. The summed E-state index contributed by atoms with van der Waals surface area (Å²) in [4.78, 5) is 22.4. The van der Waals surface area contributed by atoms with Gasteiger partial charge in [0.2, 0.25) is 0 Å². The van der Waals surface area contributed by atoms with Gasteiger partial charge < -0.3 is 20.9 Å². The van der Waals surface area contributed by atoms with Gasteiger partial charge in [-0.05, 0) is 18.1 Å². The summed E-state index contributed by atoms with van der Waals surface area (Å²) in [5.74, 6) is -1.22. The van der Waals surface area contributed by atoms with Crippen molar-refractivity contribution in [2.24, 2.45) is 5.73 Å². The number of carbonyl (C=O) groups excluding carboxylic acids is 1. The van der Waals surface area contributed by atoms with Crippen LogP contribution < -0.4 is 11.1 Å². The van der Waals surface area contributed by atoms with Crippen LogP contribution in [0.3, 0.4) is 0 Å². The van der Waals surface area contributed by atoms with Crippen LogP contribution in [-0.4, -0.2) is 36.7 Å². The minimum absolute atomic E-state index is 0.0114. The molecule has 0 heterocycles. The summed E-state index contributed by atoms with van der Waals surface area (Å²) in [5.41, 5.74) is 6.77. The number of aryl methyl sites for hydroxylation is 1. The molecule has 4 N–H and O–H groups in total. The standard InChI is InChI=1S/C13H18N2O4/c1-19-11(8-14)13(18)15-10-5-3-2-4-9(10)6-7-12(16)17/h2-5,11H,6-8,14H2,1H3,(H,15,18)(H,16,17). The average Bonchev–Trinajstić information content (AvgIpc) is 2.39. The zero-order chi connectivity index (χ0) is 14.3. The number of carboxylic acids is 1. The molecule has 6 nitrogen and oxygen atoms in total. The number of nitrogens with two attached hydrogens (primary N) is 1. The number of carboxylic acid groups (broad SMARTS) is 1. The lowest BCUT2D eigenvalue weighted by Gasteiger charge is -2.15. The highest BCUT2D eigenvalue weighted by Crippen LogP contribution is 2.17. The Balaban J connectivity index is 2.77. The molecule has 1 unspecified atom stereocenters. The lowest BCUT2D eigenvalue weighted by atomic mass is 10.1. The number of carbonyl (C=O) groups is 2. The van der Waals surface area contributed by atoms with E-state index in [1.165, 1.54) is 7.11 Å². The van der Waals surface area contributed by atoms with Crippen molar-refractivity contribution in [3.8, 4) is 0 Å². The van der Waals surface area contributed by atoms with Crippen LogP contribution in [0.5, 0.6) is 0 Å². The van der Waals surface area contributed by atoms with Crippen molar-refractivity contribution in [2.45, 2.75) is 18.9 Å². The highest BCUT2D eigenvalue weighted by atomic mass is 16.5. The van der Waals surface area contributed by atoms with Crippen LogP contribution in [0.25, 0.3) is 0 Å². The fourth-order valence-corrected chi connectivity index (χ4v) is 1.63. The van der Waals surface area contributed by atoms with Gasteiger partial charge in [0, 0.05) is 25.8 Å². The molecule has 0 aromatic heterocycles. The number of rotatable bonds is 7. The summed E-state index contributed by atoms with van der Waals surface area (Å²) in [6.45, 7) is 0.0830. The summed E-state index contributed by atoms with van der Waals surface area (Å²) in [7, 11) is 1.41. The van der Waals surface area contributed by atoms with Crippen molar-refractivity contribution in [3.63, 3.8) is 0 Å². The Kier molecular flexibility index (Phi) is 5.98. The molecule has 0 aliphatic carbocycles. The van der Waals surface area contributed by atoms with Gasteiger partial charge in [0.1, 0.15) is 6.10 Å². The molecule has 0 fully saturated rings. The average molecular weight is 266 g/mol. The van der Waals surface area contributed by atoms with Crippen LogP contribution in [0.15, 0.2) is 24.3 Å². The number of hydrogen-bond acceptors (Lipinski definition) is 4. The molecule has 0 saturated heterocycles. The van der Waals surface area contributed by atoms with Gasteiger partial charge in [-0.3, -0.25) is 9.59 Å². The van der Waals surface area contributed by atoms with Gasteiger partial charge in [-0.2, -0.15) is 0 Å². The SMILES string of the molecule is COC(CN)C(=O)Nc1ccccc1CCC(=O)O. The normalized spacial score (nSPS) is 11.9. The van der Waals surface area contributed by atoms with Crippen molar-refractivity contribution in [1.82, 2.24) is 0 Å². The van der Waals surface area contributed by atoms with E-state index in [1.54, 1.807) is 24.3 Å². The predicted molar refractivity (Wildman–Crippen MR) is 70.9 cm³/mol. The van der Waals surface area contributed by atoms with Crippen LogP contribution >= 0.6 is 0 Å². The molecule has 1 amide bonds. The smallest absolute Gasteiger partial charge is 0.303 e. The largest absolute Gasteiger partial charge is 0.481 e. The van der Waals surface area contributed by atoms with E-state index in [2.05, 4.69) is 5.32 Å². The maximum absolute atomic E-state index is 11.8. The molecular formula is C13H18N2O4. The van der Waals surface area contributed by atoms with Gasteiger partial charge in [-0.1, -0.05) is 18.2 Å². The molecule has 0 saturated carbocycles. The maximum Gasteiger partial charge on any atom is 0.303 e. The van der Waals surface area contributed by atoms with Gasteiger partial charge in [0.05, 0.1) is 0 Å². The second-order valence-corrected chi connectivity index (χ2v) is 4.00. The van der Waals surface area contributed by atoms with E-state index in [0.29, 0.717) is 12.1 Å². The second-order valence-electron chi connectivity index (χ2n) is 4.00. The minimum atomic E-state index is -0.877. The lowest BCUT2D eigenvalue weighted by Crippen LogP contribution is -2.36. The number of para-hydroxylation sites is 1. The molecule has 1 atom stereocenters. The molecule has 0 aliphatic heterocycles. The monoisotopic (exact) mass is 266 g/mol. The third-order valence-corrected chi connectivity index (χ3v) is 2.67. The van der Waals surface area contributed by atoms with Crippen LogP contribution in [-0.2, 0) is 20.7 Å². The number of nitrogens with one attached hydrogen (secondary N) is 1. The molecular weight excluding hydrogens is 248 g/mol. The summed E-state index contributed by atoms with van der Waals surface area (Å²) in [6, 6.07) is 7.06. The van der Waals surface area contributed by atoms with Crippen molar-refractivity contribution in [3.05, 3.63) is 29.8 Å². The van der Waals surface area contributed by atoms with Gasteiger partial charge in [0.25, 0.3) is 5.91 Å². The first kappa shape index (κ1) is 15.1. The minimum Gasteiger partial charge on any atom is -0.481 e. The van der Waals surface area contributed by atoms with Crippen molar-refractivity contribution < 1.29 is 19.4 Å². The van der Waals surface area contributed by atoms with Gasteiger partial charge in [0.15, 0.2) is 0 Å². The fourth-order valence-electron chi connectivity index (χ4n) is 1.63. The molecule has 19 heavy (non-hydrogen) atoms. The van der Waals surface area contributed by atoms with E-state index in [1.807, 2.05) is 0 Å². The number of anilines is 1. The second kappa shape index (κ2) is 7.50. The van der Waals surface area contributed by atoms with Crippen molar-refractivity contribution >= 4 is 17.6 Å². The zero-order valence-electron chi connectivity index (χ0n) is 10.8. The van der Waals surface area contributed by atoms with Crippen LogP contribution in [0, 0.1) is 0 Å². The maximum atomic E-state index is 11.8. The van der Waals surface area contributed by atoms with E-state index in [0.717, 1.165) is 5.56 Å². The molecule has 0 aliphatic rings. The Morgan fingerprint density at radius 3 is 2.68 bits per heavy atom. The summed E-state index contributed by atoms with van der Waals surface area (Å²) in [5, 5.41) is 11.4. The van der Waals surface area contributed by atoms with Crippen LogP contribution in [0.2, 0.25) is 0 Å². The van der Waals surface area contributed by atoms with Gasteiger partial charge in [-0.25, -0.2) is 0 Å². The highest BCUT2D eigenvalue weighted by molar-refractivity contribution is 5.95. The first-order chi connectivity index (χ1) is 9.08. The Morgan fingerprint density at radius 1 is 1.42 bits per heavy atom. The first-order valence-corrected chi connectivity index (χ1v) is 5.92. The highest BCUT2D eigenvalue weighted by Gasteiger charge is 2.16. The predicted octanol–water partition coefficient (Wildman–Crippen LogP) is 0.616. The molecule has 1 rings (SSSR count). The molecule has 1 aromatic rings. The summed E-state index contributed by atoms with van der Waals surface area (Å²) in [6.07, 6.45) is -0.351. The number of ether oxygens (including phenoxy) is 1. The van der Waals surface area contributed by atoms with E-state index in [-0.39, 0.29) is 18.9 Å². The third-order valence-electron chi connectivity index (χ3n) is 2.67. The van der Waals surface area contributed by atoms with Crippen LogP contribution in [0.1, 0.15) is 12.0 Å². The number of amides is 1. The zero-order valence-corrected chi connectivity index (χ0v) is 10.8. The number of aliphatic carboxylic acids is 1. The molecule has 0 spiro atoms. The van der Waals surface area contributed by atoms with E-state index in [4.69, 9.17) is 15.6 Å². The Hall–Kier alpha value is -1.92. The van der Waals surface area contributed by atoms with E-state index >= 15 is 0 Å². The quantitative estimate of drug-likeness (QED) is 0.671. The number of methoxy groups -OCH3 is 1. The van der Waals surface area contributed by atoms with E-state index in [9.17, 15) is 9.59 Å². The molecule has 6 heteroatoms. The number of benzene rings is 1. The Labute approximate surface area is 111 Å². The number of hydrogen-bond donors (Lipinski definition) is 3. The first-order valence-electron chi connectivity index (χ1n) is 5.92. The van der Waals surface area contributed by atoms with Crippen molar-refractivity contribution in [1.29, 1.82) is 0 Å². The molecule has 104 valence electrons.